The Balaban J connectivity index is 1.95. The van der Waals surface area contributed by atoms with Crippen LogP contribution in [0.4, 0.5) is 4.79 Å². The maximum atomic E-state index is 12.6. The van der Waals surface area contributed by atoms with Gasteiger partial charge >= 0.3 is 12.1 Å². The van der Waals surface area contributed by atoms with Gasteiger partial charge in [-0.15, -0.1) is 0 Å². The average molecular weight is 399 g/mol. The lowest BCUT2D eigenvalue weighted by atomic mass is 9.72. The van der Waals surface area contributed by atoms with Gasteiger partial charge in [0.05, 0.1) is 13.7 Å². The van der Waals surface area contributed by atoms with Gasteiger partial charge in [-0.25, -0.2) is 4.79 Å². The summed E-state index contributed by atoms with van der Waals surface area (Å²) in [5.41, 5.74) is 1.15. The Morgan fingerprint density at radius 3 is 2.79 bits per heavy atom. The van der Waals surface area contributed by atoms with Crippen LogP contribution in [0.1, 0.15) is 36.8 Å². The summed E-state index contributed by atoms with van der Waals surface area (Å²) in [6.07, 6.45) is 2.82. The van der Waals surface area contributed by atoms with Gasteiger partial charge in [0.1, 0.15) is 0 Å². The lowest BCUT2D eigenvalue weighted by Gasteiger charge is -2.42. The molecule has 156 valence electrons. The third kappa shape index (κ3) is 4.73. The Morgan fingerprint density at radius 1 is 1.31 bits per heavy atom. The van der Waals surface area contributed by atoms with Crippen LogP contribution in [0.15, 0.2) is 24.3 Å². The van der Waals surface area contributed by atoms with Crippen LogP contribution in [0.2, 0.25) is 0 Å². The number of rotatable bonds is 3. The monoisotopic (exact) mass is 398 g/mol. The van der Waals surface area contributed by atoms with E-state index in [9.17, 15) is 9.59 Å². The zero-order valence-corrected chi connectivity index (χ0v) is 17.7. The molecular formula is C23H30N2O4. The molecule has 1 aromatic rings. The second-order valence-electron chi connectivity index (χ2n) is 8.24. The molecule has 0 spiro atoms. The minimum Gasteiger partial charge on any atom is -0.453 e. The first-order valence-corrected chi connectivity index (χ1v) is 10.2. The van der Waals surface area contributed by atoms with Gasteiger partial charge in [0.2, 0.25) is 0 Å². The van der Waals surface area contributed by atoms with Crippen molar-refractivity contribution in [3.63, 3.8) is 0 Å². The maximum absolute atomic E-state index is 12.6. The lowest BCUT2D eigenvalue weighted by molar-refractivity contribution is -0.163. The van der Waals surface area contributed by atoms with E-state index in [1.165, 1.54) is 7.11 Å². The van der Waals surface area contributed by atoms with E-state index < -0.39 is 5.60 Å². The number of benzene rings is 1. The summed E-state index contributed by atoms with van der Waals surface area (Å²) in [4.78, 5) is 28.4. The van der Waals surface area contributed by atoms with Crippen molar-refractivity contribution in [2.75, 3.05) is 34.3 Å². The molecule has 1 aliphatic carbocycles. The van der Waals surface area contributed by atoms with Gasteiger partial charge in [-0.05, 0) is 70.3 Å². The number of methoxy groups -OCH3 is 1. The minimum absolute atomic E-state index is 0.0150. The normalized spacial score (nSPS) is 25.8. The number of fused-ring (bicyclic) bond motifs is 1. The second kappa shape index (κ2) is 8.87. The summed E-state index contributed by atoms with van der Waals surface area (Å²) in [6, 6.07) is 7.97. The van der Waals surface area contributed by atoms with Crippen molar-refractivity contribution < 1.29 is 19.1 Å². The number of ether oxygens (including phenoxy) is 2. The molecule has 0 radical (unpaired) electrons. The van der Waals surface area contributed by atoms with Crippen LogP contribution in [0.3, 0.4) is 0 Å². The summed E-state index contributed by atoms with van der Waals surface area (Å²) in [7, 11) is 5.08. The van der Waals surface area contributed by atoms with E-state index in [2.05, 4.69) is 11.8 Å². The number of nitrogens with zero attached hydrogens (tertiary/aromatic N) is 2. The Hall–Kier alpha value is -2.52. The molecule has 1 heterocycles. The fourth-order valence-corrected chi connectivity index (χ4v) is 4.56. The summed E-state index contributed by atoms with van der Waals surface area (Å²) >= 11 is 0. The average Bonchev–Trinajstić information content (AvgIpc) is 3.11. The molecule has 6 nitrogen and oxygen atoms in total. The summed E-state index contributed by atoms with van der Waals surface area (Å²) in [6.45, 7) is 2.83. The molecule has 2 aliphatic rings. The van der Waals surface area contributed by atoms with E-state index in [0.29, 0.717) is 13.0 Å². The van der Waals surface area contributed by atoms with E-state index in [0.717, 1.165) is 30.4 Å². The first-order valence-electron chi connectivity index (χ1n) is 10.2. The van der Waals surface area contributed by atoms with Crippen molar-refractivity contribution in [1.29, 1.82) is 0 Å². The highest BCUT2D eigenvalue weighted by molar-refractivity contribution is 5.73. The molecule has 3 unspecified atom stereocenters. The molecule has 2 fully saturated rings. The number of amides is 1. The molecule has 0 N–H and O–H groups in total. The quantitative estimate of drug-likeness (QED) is 0.579. The van der Waals surface area contributed by atoms with Crippen LogP contribution < -0.4 is 0 Å². The minimum atomic E-state index is -0.886. The van der Waals surface area contributed by atoms with Crippen LogP contribution >= 0.6 is 0 Å². The largest absolute Gasteiger partial charge is 0.453 e. The van der Waals surface area contributed by atoms with E-state index >= 15 is 0 Å². The number of carbonyl (C=O) groups is 2. The zero-order chi connectivity index (χ0) is 21.0. The van der Waals surface area contributed by atoms with Crippen LogP contribution in [-0.4, -0.2) is 67.8 Å². The smallest absolute Gasteiger partial charge is 0.409 e. The van der Waals surface area contributed by atoms with Crippen LogP contribution in [-0.2, 0) is 14.3 Å². The van der Waals surface area contributed by atoms with Gasteiger partial charge in [-0.3, -0.25) is 9.69 Å². The number of hydrogen-bond donors (Lipinski definition) is 0. The van der Waals surface area contributed by atoms with Gasteiger partial charge in [-0.2, -0.15) is 0 Å². The standard InChI is InChI=1S/C23H30N2O4/c1-17-7-5-8-18(15-17)10-13-23(29-21(26)16-24(2)3)12-6-9-20-19(23)11-14-25(20)22(27)28-4/h5,7-8,15,19-20H,6,9,11-12,14,16H2,1-4H3. The van der Waals surface area contributed by atoms with Gasteiger partial charge in [0, 0.05) is 24.1 Å². The predicted octanol–water partition coefficient (Wildman–Crippen LogP) is 2.83. The highest BCUT2D eigenvalue weighted by Crippen LogP contribution is 2.45. The van der Waals surface area contributed by atoms with Crippen molar-refractivity contribution in [3.05, 3.63) is 35.4 Å². The summed E-state index contributed by atoms with van der Waals surface area (Å²) in [5, 5.41) is 0. The second-order valence-corrected chi connectivity index (χ2v) is 8.24. The molecule has 1 amide bonds. The molecule has 1 aliphatic heterocycles. The number of likely N-dealkylation sites (N-methyl/N-ethyl adjacent to an activating group) is 1. The van der Waals surface area contributed by atoms with Crippen molar-refractivity contribution in [2.45, 2.75) is 44.2 Å². The van der Waals surface area contributed by atoms with E-state index in [1.807, 2.05) is 45.3 Å². The number of esters is 1. The first kappa shape index (κ1) is 21.2. The van der Waals surface area contributed by atoms with Crippen molar-refractivity contribution in [3.8, 4) is 11.8 Å². The fourth-order valence-electron chi connectivity index (χ4n) is 4.56. The highest BCUT2D eigenvalue weighted by atomic mass is 16.6. The molecule has 0 bridgehead atoms. The Bertz CT molecular complexity index is 826. The topological polar surface area (TPSA) is 59.1 Å². The predicted molar refractivity (Wildman–Crippen MR) is 110 cm³/mol. The zero-order valence-electron chi connectivity index (χ0n) is 17.7. The fraction of sp³-hybridized carbons (Fsp3) is 0.565. The number of likely N-dealkylation sites (tertiary alicyclic amines) is 1. The molecule has 0 aromatic heterocycles. The van der Waals surface area contributed by atoms with Gasteiger partial charge in [0.25, 0.3) is 0 Å². The van der Waals surface area contributed by atoms with Gasteiger partial charge < -0.3 is 14.4 Å². The first-order chi connectivity index (χ1) is 13.8. The Labute approximate surface area is 173 Å². The SMILES string of the molecule is COC(=O)N1CCC2C1CCCC2(C#Cc1cccc(C)c1)OC(=O)CN(C)C. The Morgan fingerprint density at radius 2 is 2.10 bits per heavy atom. The van der Waals surface area contributed by atoms with E-state index in [-0.39, 0.29) is 30.6 Å². The number of aryl methyl sites for hydroxylation is 1. The molecule has 6 heteroatoms. The third-order valence-corrected chi connectivity index (χ3v) is 5.78. The van der Waals surface area contributed by atoms with E-state index in [1.54, 1.807) is 9.80 Å². The number of hydrogen-bond acceptors (Lipinski definition) is 5. The Kier molecular flexibility index (Phi) is 6.49. The van der Waals surface area contributed by atoms with Gasteiger partial charge in [-0.1, -0.05) is 18.1 Å². The van der Waals surface area contributed by atoms with Crippen molar-refractivity contribution in [2.24, 2.45) is 5.92 Å². The molecule has 1 saturated carbocycles. The molecule has 29 heavy (non-hydrogen) atoms. The van der Waals surface area contributed by atoms with Crippen LogP contribution in [0.25, 0.3) is 0 Å². The molecule has 1 aromatic carbocycles. The number of carbonyl (C=O) groups excluding carboxylic acids is 2. The van der Waals surface area contributed by atoms with Crippen molar-refractivity contribution in [1.82, 2.24) is 9.80 Å². The van der Waals surface area contributed by atoms with Crippen LogP contribution in [0, 0.1) is 24.7 Å². The van der Waals surface area contributed by atoms with Crippen LogP contribution in [0.5, 0.6) is 0 Å². The highest BCUT2D eigenvalue weighted by Gasteiger charge is 2.53. The summed E-state index contributed by atoms with van der Waals surface area (Å²) < 4.78 is 11.0. The van der Waals surface area contributed by atoms with Gasteiger partial charge in [0.15, 0.2) is 5.60 Å². The lowest BCUT2D eigenvalue weighted by Crippen LogP contribution is -2.52. The maximum Gasteiger partial charge on any atom is 0.409 e. The third-order valence-electron chi connectivity index (χ3n) is 5.78. The van der Waals surface area contributed by atoms with Crippen molar-refractivity contribution >= 4 is 12.1 Å². The van der Waals surface area contributed by atoms with E-state index in [4.69, 9.17) is 9.47 Å². The molecule has 1 saturated heterocycles. The molecular weight excluding hydrogens is 368 g/mol. The molecule has 3 atom stereocenters. The summed E-state index contributed by atoms with van der Waals surface area (Å²) in [5.74, 6) is 6.29. The molecule has 3 rings (SSSR count).